The van der Waals surface area contributed by atoms with Crippen molar-refractivity contribution in [1.82, 2.24) is 10.2 Å². The number of nitrogens with one attached hydrogen (secondary N) is 1. The minimum atomic E-state index is -0.794. The molecule has 2 N–H and O–H groups in total. The number of allylic oxidation sites excluding steroid dienone is 2. The highest BCUT2D eigenvalue weighted by atomic mass is 16.5. The molecule has 1 aromatic rings. The van der Waals surface area contributed by atoms with Crippen LogP contribution < -0.4 is 5.32 Å². The van der Waals surface area contributed by atoms with Gasteiger partial charge in [-0.15, -0.1) is 0 Å². The summed E-state index contributed by atoms with van der Waals surface area (Å²) in [6.07, 6.45) is 4.61. The van der Waals surface area contributed by atoms with Crippen LogP contribution >= 0.6 is 0 Å². The molecule has 7 nitrogen and oxygen atoms in total. The Morgan fingerprint density at radius 2 is 2.17 bits per heavy atom. The first-order valence-corrected chi connectivity index (χ1v) is 9.90. The minimum absolute atomic E-state index is 0.107. The first-order valence-electron chi connectivity index (χ1n) is 9.90. The monoisotopic (exact) mass is 393 g/mol. The fraction of sp³-hybridized carbons (Fsp3) is 0.364. The van der Waals surface area contributed by atoms with Gasteiger partial charge in [0.1, 0.15) is 17.2 Å². The van der Waals surface area contributed by atoms with Crippen molar-refractivity contribution in [1.29, 1.82) is 0 Å². The zero-order valence-corrected chi connectivity index (χ0v) is 16.2. The molecular weight excluding hydrogens is 370 g/mol. The number of ether oxygens (including phenoxy) is 2. The Labute approximate surface area is 169 Å². The lowest BCUT2D eigenvalue weighted by atomic mass is 10.1. The first kappa shape index (κ1) is 17.8. The van der Waals surface area contributed by atoms with Crippen LogP contribution in [0.2, 0.25) is 0 Å². The van der Waals surface area contributed by atoms with E-state index in [1.54, 1.807) is 6.34 Å². The summed E-state index contributed by atoms with van der Waals surface area (Å²) in [5, 5.41) is 12.4. The Hall–Kier alpha value is -3.22. The van der Waals surface area contributed by atoms with Crippen molar-refractivity contribution >= 4 is 12.3 Å². The summed E-state index contributed by atoms with van der Waals surface area (Å²) >= 11 is 0. The van der Waals surface area contributed by atoms with Crippen LogP contribution in [0.4, 0.5) is 0 Å². The number of carboxylic acid groups (broad SMARTS) is 1. The van der Waals surface area contributed by atoms with Gasteiger partial charge in [-0.3, -0.25) is 4.79 Å². The topological polar surface area (TPSA) is 83.4 Å². The van der Waals surface area contributed by atoms with Crippen molar-refractivity contribution in [3.05, 3.63) is 70.5 Å². The normalized spacial score (nSPS) is 26.2. The molecule has 150 valence electrons. The molecule has 2 aliphatic carbocycles. The summed E-state index contributed by atoms with van der Waals surface area (Å²) in [6.45, 7) is 2.97. The summed E-state index contributed by atoms with van der Waals surface area (Å²) in [5.74, 6) is 1.28. The molecule has 3 atom stereocenters. The molecule has 2 aliphatic heterocycles. The van der Waals surface area contributed by atoms with Crippen molar-refractivity contribution in [3.63, 3.8) is 0 Å². The molecule has 0 radical (unpaired) electrons. The van der Waals surface area contributed by atoms with E-state index in [1.165, 1.54) is 5.57 Å². The second-order valence-corrected chi connectivity index (χ2v) is 7.62. The molecule has 5 rings (SSSR count). The van der Waals surface area contributed by atoms with Crippen LogP contribution in [0.3, 0.4) is 0 Å². The van der Waals surface area contributed by atoms with Crippen LogP contribution in [0.5, 0.6) is 0 Å². The molecule has 0 saturated heterocycles. The summed E-state index contributed by atoms with van der Waals surface area (Å²) in [4.78, 5) is 17.4. The van der Waals surface area contributed by atoms with Crippen molar-refractivity contribution in [2.24, 2.45) is 10.9 Å². The number of hydrogen-bond acceptors (Lipinski definition) is 6. The van der Waals surface area contributed by atoms with E-state index in [-0.39, 0.29) is 18.7 Å². The standard InChI is InChI=1S/C22H23N3O4/c1-13-17(24-22(29-13)14-5-3-2-4-6-14)8-10-28-21-16-11-15(16)20-19(21)23-12-25(20)9-7-18(26)27/h2-6,11-12,15,20,22,24H,7-10H2,1H3,(H,26,27)/t15-,20?,22?/m0/s1. The van der Waals surface area contributed by atoms with Gasteiger partial charge in [-0.05, 0) is 6.92 Å². The van der Waals surface area contributed by atoms with Crippen LogP contribution in [-0.2, 0) is 14.3 Å². The van der Waals surface area contributed by atoms with E-state index >= 15 is 0 Å². The van der Waals surface area contributed by atoms with Crippen LogP contribution in [-0.4, -0.2) is 41.5 Å². The summed E-state index contributed by atoms with van der Waals surface area (Å²) < 4.78 is 12.1. The maximum absolute atomic E-state index is 10.9. The van der Waals surface area contributed by atoms with Gasteiger partial charge in [-0.25, -0.2) is 4.99 Å². The first-order chi connectivity index (χ1) is 14.1. The quantitative estimate of drug-likeness (QED) is 0.707. The number of aliphatic carboxylic acids is 1. The van der Waals surface area contributed by atoms with Gasteiger partial charge >= 0.3 is 5.97 Å². The zero-order chi connectivity index (χ0) is 20.0. The molecule has 1 aromatic carbocycles. The minimum Gasteiger partial charge on any atom is -0.491 e. The third kappa shape index (κ3) is 3.26. The molecule has 0 spiro atoms. The molecule has 0 amide bonds. The van der Waals surface area contributed by atoms with Crippen molar-refractivity contribution in [2.45, 2.75) is 32.0 Å². The predicted molar refractivity (Wildman–Crippen MR) is 107 cm³/mol. The SMILES string of the molecule is CC1=C(CCOC2=C3N=CN(CCC(=O)O)C3[C@H]3C=C23)NC(c2ccccc2)O1. The number of hydrogen-bond donors (Lipinski definition) is 2. The summed E-state index contributed by atoms with van der Waals surface area (Å²) in [7, 11) is 0. The lowest BCUT2D eigenvalue weighted by molar-refractivity contribution is -0.137. The number of rotatable bonds is 8. The van der Waals surface area contributed by atoms with Gasteiger partial charge in [0.25, 0.3) is 0 Å². The largest absolute Gasteiger partial charge is 0.491 e. The fourth-order valence-corrected chi connectivity index (χ4v) is 4.19. The molecule has 4 aliphatic rings. The van der Waals surface area contributed by atoms with Gasteiger partial charge < -0.3 is 24.8 Å². The van der Waals surface area contributed by atoms with Crippen LogP contribution in [0.25, 0.3) is 0 Å². The Morgan fingerprint density at radius 1 is 1.34 bits per heavy atom. The highest BCUT2D eigenvalue weighted by Crippen LogP contribution is 2.52. The number of fused-ring (bicyclic) bond motifs is 3. The van der Waals surface area contributed by atoms with Crippen molar-refractivity contribution in [3.8, 4) is 0 Å². The molecule has 0 aromatic heterocycles. The highest BCUT2D eigenvalue weighted by Gasteiger charge is 2.51. The molecule has 0 saturated carbocycles. The number of benzene rings is 1. The van der Waals surface area contributed by atoms with E-state index in [2.05, 4.69) is 16.4 Å². The van der Waals surface area contributed by atoms with Crippen molar-refractivity contribution in [2.75, 3.05) is 13.2 Å². The Balaban J connectivity index is 1.18. The second kappa shape index (κ2) is 6.99. The smallest absolute Gasteiger partial charge is 0.305 e. The Bertz CT molecular complexity index is 964. The van der Waals surface area contributed by atoms with Gasteiger partial charge in [0.15, 0.2) is 6.23 Å². The van der Waals surface area contributed by atoms with Gasteiger partial charge in [0.2, 0.25) is 0 Å². The van der Waals surface area contributed by atoms with Crippen LogP contribution in [0.15, 0.2) is 69.9 Å². The van der Waals surface area contributed by atoms with Gasteiger partial charge in [-0.2, -0.15) is 0 Å². The molecule has 2 heterocycles. The van der Waals surface area contributed by atoms with E-state index in [0.717, 1.165) is 34.9 Å². The molecular formula is C22H23N3O4. The summed E-state index contributed by atoms with van der Waals surface area (Å²) in [6, 6.07) is 10.2. The molecule has 0 fully saturated rings. The maximum atomic E-state index is 10.9. The third-order valence-electron chi connectivity index (χ3n) is 5.74. The third-order valence-corrected chi connectivity index (χ3v) is 5.74. The Morgan fingerprint density at radius 3 is 2.97 bits per heavy atom. The number of carbonyl (C=O) groups is 1. The molecule has 29 heavy (non-hydrogen) atoms. The van der Waals surface area contributed by atoms with Crippen LogP contribution in [0.1, 0.15) is 31.6 Å². The van der Waals surface area contributed by atoms with E-state index < -0.39 is 5.97 Å². The van der Waals surface area contributed by atoms with Gasteiger partial charge in [-0.1, -0.05) is 36.4 Å². The second-order valence-electron chi connectivity index (χ2n) is 7.62. The molecule has 2 unspecified atom stereocenters. The van der Waals surface area contributed by atoms with E-state index in [9.17, 15) is 4.79 Å². The average molecular weight is 393 g/mol. The Kier molecular flexibility index (Phi) is 4.30. The van der Waals surface area contributed by atoms with Crippen LogP contribution in [0, 0.1) is 5.92 Å². The van der Waals surface area contributed by atoms with E-state index in [4.69, 9.17) is 14.6 Å². The van der Waals surface area contributed by atoms with Crippen molar-refractivity contribution < 1.29 is 19.4 Å². The lowest BCUT2D eigenvalue weighted by Crippen LogP contribution is -2.33. The number of carboxylic acids is 1. The molecule has 7 heteroatoms. The van der Waals surface area contributed by atoms with E-state index in [0.29, 0.717) is 19.1 Å². The predicted octanol–water partition coefficient (Wildman–Crippen LogP) is 2.91. The zero-order valence-electron chi connectivity index (χ0n) is 16.2. The maximum Gasteiger partial charge on any atom is 0.305 e. The van der Waals surface area contributed by atoms with Gasteiger partial charge in [0, 0.05) is 30.0 Å². The summed E-state index contributed by atoms with van der Waals surface area (Å²) in [5.41, 5.74) is 4.28. The average Bonchev–Trinajstić information content (AvgIpc) is 3.08. The lowest BCUT2D eigenvalue weighted by Gasteiger charge is -2.22. The van der Waals surface area contributed by atoms with E-state index in [1.807, 2.05) is 42.2 Å². The van der Waals surface area contributed by atoms with Gasteiger partial charge in [0.05, 0.1) is 31.1 Å². The number of aliphatic imine (C=N–C) groups is 1. The number of nitrogens with zero attached hydrogens (tertiary/aromatic N) is 2. The highest BCUT2D eigenvalue weighted by molar-refractivity contribution is 5.72. The molecule has 0 bridgehead atoms. The fourth-order valence-electron chi connectivity index (χ4n) is 4.19.